The highest BCUT2D eigenvalue weighted by molar-refractivity contribution is 7.92. The second-order valence-electron chi connectivity index (χ2n) is 5.82. The lowest BCUT2D eigenvalue weighted by Gasteiger charge is -2.10. The first-order valence-corrected chi connectivity index (χ1v) is 9.74. The molecule has 0 atom stereocenters. The van der Waals surface area contributed by atoms with E-state index in [1.807, 2.05) is 0 Å². The minimum atomic E-state index is -3.97. The summed E-state index contributed by atoms with van der Waals surface area (Å²) in [6.07, 6.45) is 1.55. The van der Waals surface area contributed by atoms with E-state index in [1.165, 1.54) is 0 Å². The molecule has 4 N–H and O–H groups in total. The van der Waals surface area contributed by atoms with E-state index in [4.69, 9.17) is 17.3 Å². The maximum Gasteiger partial charge on any atom is 0.263 e. The number of sulfonamides is 1. The quantitative estimate of drug-likeness (QED) is 0.467. The number of anilines is 2. The van der Waals surface area contributed by atoms with Gasteiger partial charge in [-0.1, -0.05) is 23.7 Å². The molecule has 4 rings (SSSR count). The number of aromatic nitrogens is 4. The fourth-order valence-corrected chi connectivity index (χ4v) is 4.16. The lowest BCUT2D eigenvalue weighted by molar-refractivity contribution is 0.600. The summed E-state index contributed by atoms with van der Waals surface area (Å²) in [6, 6.07) is 9.57. The van der Waals surface area contributed by atoms with Crippen molar-refractivity contribution in [3.8, 4) is 11.3 Å². The molecule has 8 nitrogen and oxygen atoms in total. The standard InChI is InChI=1S/C17H12ClFN6O2S/c18-12-7-10(19)3-6-14(12)28(26,27)25-11-4-1-9(2-5-11)13-8-21-15-16(20)23-24-17(15)22-13/h1-8,25H,(H3,20,22,23,24). The number of nitrogens with two attached hydrogens (primary N) is 1. The van der Waals surface area contributed by atoms with Crippen LogP contribution in [0.5, 0.6) is 0 Å². The molecule has 11 heteroatoms. The van der Waals surface area contributed by atoms with E-state index >= 15 is 0 Å². The number of halogens is 2. The lowest BCUT2D eigenvalue weighted by atomic mass is 10.1. The van der Waals surface area contributed by atoms with Crippen LogP contribution in [-0.2, 0) is 10.0 Å². The van der Waals surface area contributed by atoms with Crippen molar-refractivity contribution in [3.63, 3.8) is 0 Å². The van der Waals surface area contributed by atoms with Crippen molar-refractivity contribution in [3.05, 3.63) is 59.5 Å². The summed E-state index contributed by atoms with van der Waals surface area (Å²) in [5.74, 6) is -0.358. The van der Waals surface area contributed by atoms with Gasteiger partial charge in [-0.2, -0.15) is 5.10 Å². The molecule has 0 fully saturated rings. The molecule has 2 aromatic heterocycles. The monoisotopic (exact) mass is 418 g/mol. The van der Waals surface area contributed by atoms with Gasteiger partial charge in [0.1, 0.15) is 10.7 Å². The first-order valence-electron chi connectivity index (χ1n) is 7.88. The van der Waals surface area contributed by atoms with Gasteiger partial charge in [-0.15, -0.1) is 0 Å². The summed E-state index contributed by atoms with van der Waals surface area (Å²) in [5, 5.41) is 6.33. The van der Waals surface area contributed by atoms with Crippen LogP contribution in [0.3, 0.4) is 0 Å². The van der Waals surface area contributed by atoms with Gasteiger partial charge >= 0.3 is 0 Å². The third-order valence-electron chi connectivity index (χ3n) is 3.91. The molecule has 0 aliphatic carbocycles. The highest BCUT2D eigenvalue weighted by Gasteiger charge is 2.18. The Balaban J connectivity index is 1.60. The maximum absolute atomic E-state index is 13.1. The zero-order valence-electron chi connectivity index (χ0n) is 14.0. The molecule has 28 heavy (non-hydrogen) atoms. The molecule has 0 unspecified atom stereocenters. The molecule has 0 bridgehead atoms. The van der Waals surface area contributed by atoms with Crippen LogP contribution in [0.4, 0.5) is 15.9 Å². The van der Waals surface area contributed by atoms with E-state index in [1.54, 1.807) is 30.5 Å². The summed E-state index contributed by atoms with van der Waals surface area (Å²) in [7, 11) is -3.97. The van der Waals surface area contributed by atoms with Gasteiger partial charge in [-0.05, 0) is 30.3 Å². The first-order chi connectivity index (χ1) is 13.3. The fourth-order valence-electron chi connectivity index (χ4n) is 2.57. The molecule has 4 aromatic rings. The topological polar surface area (TPSA) is 127 Å². The van der Waals surface area contributed by atoms with Gasteiger partial charge in [0.15, 0.2) is 17.0 Å². The van der Waals surface area contributed by atoms with Crippen molar-refractivity contribution in [2.45, 2.75) is 4.90 Å². The molecule has 2 aromatic carbocycles. The van der Waals surface area contributed by atoms with E-state index in [0.717, 1.165) is 18.2 Å². The number of aromatic amines is 1. The molecular formula is C17H12ClFN6O2S. The summed E-state index contributed by atoms with van der Waals surface area (Å²) in [4.78, 5) is 8.39. The van der Waals surface area contributed by atoms with Gasteiger partial charge < -0.3 is 5.73 Å². The molecule has 0 saturated carbocycles. The highest BCUT2D eigenvalue weighted by atomic mass is 35.5. The van der Waals surface area contributed by atoms with Crippen molar-refractivity contribution < 1.29 is 12.8 Å². The minimum Gasteiger partial charge on any atom is -0.380 e. The van der Waals surface area contributed by atoms with Crippen LogP contribution in [0, 0.1) is 5.82 Å². The number of nitrogens with one attached hydrogen (secondary N) is 2. The number of hydrogen-bond donors (Lipinski definition) is 3. The van der Waals surface area contributed by atoms with Crippen LogP contribution in [0.2, 0.25) is 5.02 Å². The molecular weight excluding hydrogens is 407 g/mol. The third kappa shape index (κ3) is 3.35. The van der Waals surface area contributed by atoms with E-state index in [9.17, 15) is 12.8 Å². The van der Waals surface area contributed by atoms with Crippen LogP contribution in [0.1, 0.15) is 0 Å². The lowest BCUT2D eigenvalue weighted by Crippen LogP contribution is -2.13. The maximum atomic E-state index is 13.1. The van der Waals surface area contributed by atoms with Gasteiger partial charge in [0.05, 0.1) is 16.9 Å². The Hall–Kier alpha value is -3.24. The van der Waals surface area contributed by atoms with Crippen LogP contribution >= 0.6 is 11.6 Å². The third-order valence-corrected chi connectivity index (χ3v) is 5.78. The van der Waals surface area contributed by atoms with Crippen molar-refractivity contribution in [1.82, 2.24) is 20.2 Å². The largest absolute Gasteiger partial charge is 0.380 e. The second kappa shape index (κ2) is 6.73. The van der Waals surface area contributed by atoms with Crippen LogP contribution in [0.25, 0.3) is 22.4 Å². The predicted molar refractivity (Wildman–Crippen MR) is 104 cm³/mol. The molecule has 0 spiro atoms. The van der Waals surface area contributed by atoms with Gasteiger partial charge in [0.25, 0.3) is 10.0 Å². The smallest absolute Gasteiger partial charge is 0.263 e. The summed E-state index contributed by atoms with van der Waals surface area (Å²) < 4.78 is 40.5. The number of benzene rings is 2. The van der Waals surface area contributed by atoms with Crippen molar-refractivity contribution >= 4 is 44.3 Å². The highest BCUT2D eigenvalue weighted by Crippen LogP contribution is 2.26. The van der Waals surface area contributed by atoms with Gasteiger partial charge in [-0.25, -0.2) is 22.8 Å². The van der Waals surface area contributed by atoms with Crippen LogP contribution in [-0.4, -0.2) is 28.6 Å². The number of hydrogen-bond acceptors (Lipinski definition) is 6. The predicted octanol–water partition coefficient (Wildman–Crippen LogP) is 3.20. The Morgan fingerprint density at radius 1 is 1.14 bits per heavy atom. The van der Waals surface area contributed by atoms with Gasteiger partial charge in [0, 0.05) is 11.3 Å². The van der Waals surface area contributed by atoms with E-state index in [0.29, 0.717) is 28.1 Å². The average Bonchev–Trinajstić information content (AvgIpc) is 3.02. The second-order valence-corrected chi connectivity index (χ2v) is 7.88. The Kier molecular flexibility index (Phi) is 4.36. The Labute approximate surface area is 163 Å². The summed E-state index contributed by atoms with van der Waals surface area (Å²) in [6.45, 7) is 0. The van der Waals surface area contributed by atoms with Crippen molar-refractivity contribution in [2.75, 3.05) is 10.5 Å². The number of fused-ring (bicyclic) bond motifs is 1. The normalized spacial score (nSPS) is 11.6. The van der Waals surface area contributed by atoms with E-state index in [-0.39, 0.29) is 15.7 Å². The minimum absolute atomic E-state index is 0.202. The average molecular weight is 419 g/mol. The number of H-pyrrole nitrogens is 1. The number of rotatable bonds is 4. The molecule has 0 aliphatic heterocycles. The molecule has 142 valence electrons. The molecule has 0 radical (unpaired) electrons. The van der Waals surface area contributed by atoms with Gasteiger partial charge in [-0.3, -0.25) is 9.82 Å². The van der Waals surface area contributed by atoms with Crippen LogP contribution < -0.4 is 10.5 Å². The Bertz CT molecular complexity index is 1290. The molecule has 0 aliphatic rings. The number of nitrogen functional groups attached to an aromatic ring is 1. The van der Waals surface area contributed by atoms with Crippen molar-refractivity contribution in [1.29, 1.82) is 0 Å². The molecule has 0 saturated heterocycles. The fraction of sp³-hybridized carbons (Fsp3) is 0. The van der Waals surface area contributed by atoms with Crippen molar-refractivity contribution in [2.24, 2.45) is 0 Å². The first kappa shape index (κ1) is 18.1. The number of nitrogens with zero attached hydrogens (tertiary/aromatic N) is 3. The zero-order chi connectivity index (χ0) is 19.9. The van der Waals surface area contributed by atoms with Gasteiger partial charge in [0.2, 0.25) is 0 Å². The van der Waals surface area contributed by atoms with E-state index in [2.05, 4.69) is 24.9 Å². The zero-order valence-corrected chi connectivity index (χ0v) is 15.6. The Morgan fingerprint density at radius 3 is 2.61 bits per heavy atom. The van der Waals surface area contributed by atoms with Crippen LogP contribution in [0.15, 0.2) is 53.6 Å². The molecule has 0 amide bonds. The van der Waals surface area contributed by atoms with E-state index < -0.39 is 15.8 Å². The summed E-state index contributed by atoms with van der Waals surface area (Å²) in [5.41, 5.74) is 8.18. The molecule has 2 heterocycles. The summed E-state index contributed by atoms with van der Waals surface area (Å²) >= 11 is 5.84. The SMILES string of the molecule is Nc1n[nH]c2nc(-c3ccc(NS(=O)(=O)c4ccc(F)cc4Cl)cc3)cnc12. The Morgan fingerprint density at radius 2 is 1.89 bits per heavy atom.